The second-order valence-electron chi connectivity index (χ2n) is 3.68. The van der Waals surface area contributed by atoms with Crippen molar-refractivity contribution in [2.45, 2.75) is 26.1 Å². The highest BCUT2D eigenvalue weighted by molar-refractivity contribution is 9.10. The van der Waals surface area contributed by atoms with Gasteiger partial charge in [-0.2, -0.15) is 5.10 Å². The minimum absolute atomic E-state index is 0.00630. The summed E-state index contributed by atoms with van der Waals surface area (Å²) in [4.78, 5) is 0. The van der Waals surface area contributed by atoms with Crippen molar-refractivity contribution >= 4 is 15.9 Å². The molecule has 0 radical (unpaired) electrons. The van der Waals surface area contributed by atoms with Crippen LogP contribution in [0.1, 0.15) is 25.6 Å². The minimum atomic E-state index is -0.906. The van der Waals surface area contributed by atoms with Crippen LogP contribution in [0.4, 0.5) is 0 Å². The van der Waals surface area contributed by atoms with E-state index in [-0.39, 0.29) is 5.92 Å². The van der Waals surface area contributed by atoms with Crippen LogP contribution in [0.15, 0.2) is 10.7 Å². The van der Waals surface area contributed by atoms with Crippen molar-refractivity contribution in [2.75, 3.05) is 0 Å². The van der Waals surface area contributed by atoms with Gasteiger partial charge in [0.2, 0.25) is 0 Å². The summed E-state index contributed by atoms with van der Waals surface area (Å²) in [7, 11) is 1.73. The van der Waals surface area contributed by atoms with Gasteiger partial charge in [-0.05, 0) is 21.8 Å². The lowest BCUT2D eigenvalue weighted by Crippen LogP contribution is -2.25. The van der Waals surface area contributed by atoms with Gasteiger partial charge in [0.15, 0.2) is 0 Å². The van der Waals surface area contributed by atoms with E-state index in [0.29, 0.717) is 10.2 Å². The average Bonchev–Trinajstić information content (AvgIpc) is 2.44. The summed E-state index contributed by atoms with van der Waals surface area (Å²) < 4.78 is 2.27. The third-order valence-electron chi connectivity index (χ3n) is 2.22. The molecule has 0 saturated heterocycles. The fraction of sp³-hybridized carbons (Fsp3) is 0.667. The lowest BCUT2D eigenvalue weighted by molar-refractivity contribution is -0.0139. The van der Waals surface area contributed by atoms with E-state index in [1.165, 1.54) is 0 Å². The second-order valence-corrected chi connectivity index (χ2v) is 4.54. The van der Waals surface area contributed by atoms with Gasteiger partial charge in [0, 0.05) is 7.05 Å². The number of hydrogen-bond acceptors (Lipinski definition) is 3. The fourth-order valence-electron chi connectivity index (χ4n) is 1.28. The van der Waals surface area contributed by atoms with Gasteiger partial charge in [0.05, 0.1) is 22.5 Å². The van der Waals surface area contributed by atoms with Gasteiger partial charge in [-0.3, -0.25) is 4.68 Å². The molecular formula is C9H15BrN2O2. The number of aliphatic hydroxyl groups excluding tert-OH is 2. The molecule has 2 N–H and O–H groups in total. The summed E-state index contributed by atoms with van der Waals surface area (Å²) in [6.07, 6.45) is -0.0791. The lowest BCUT2D eigenvalue weighted by Gasteiger charge is -2.21. The topological polar surface area (TPSA) is 58.3 Å². The third-order valence-corrected chi connectivity index (χ3v) is 2.84. The molecule has 14 heavy (non-hydrogen) atoms. The van der Waals surface area contributed by atoms with Gasteiger partial charge in [-0.15, -0.1) is 0 Å². The molecule has 0 fully saturated rings. The Hall–Kier alpha value is -0.390. The summed E-state index contributed by atoms with van der Waals surface area (Å²) in [6, 6.07) is 0. The highest BCUT2D eigenvalue weighted by atomic mass is 79.9. The van der Waals surface area contributed by atoms with Crippen LogP contribution in [-0.2, 0) is 7.05 Å². The van der Waals surface area contributed by atoms with Crippen LogP contribution >= 0.6 is 15.9 Å². The first-order chi connectivity index (χ1) is 6.45. The van der Waals surface area contributed by atoms with Crippen molar-refractivity contribution in [3.63, 3.8) is 0 Å². The van der Waals surface area contributed by atoms with Crippen LogP contribution < -0.4 is 0 Å². The lowest BCUT2D eigenvalue weighted by atomic mass is 10.00. The number of aliphatic hydroxyl groups is 2. The van der Waals surface area contributed by atoms with Crippen molar-refractivity contribution in [1.29, 1.82) is 0 Å². The van der Waals surface area contributed by atoms with Crippen LogP contribution in [0.5, 0.6) is 0 Å². The Morgan fingerprint density at radius 2 is 2.00 bits per heavy atom. The van der Waals surface area contributed by atoms with E-state index in [1.54, 1.807) is 17.9 Å². The maximum atomic E-state index is 9.87. The van der Waals surface area contributed by atoms with Gasteiger partial charge in [-0.25, -0.2) is 0 Å². The first kappa shape index (κ1) is 11.7. The van der Waals surface area contributed by atoms with Gasteiger partial charge in [0.25, 0.3) is 0 Å². The van der Waals surface area contributed by atoms with Crippen LogP contribution in [0.3, 0.4) is 0 Å². The van der Waals surface area contributed by atoms with Crippen LogP contribution in [-0.4, -0.2) is 26.1 Å². The molecule has 0 aliphatic carbocycles. The summed E-state index contributed by atoms with van der Waals surface area (Å²) >= 11 is 3.28. The van der Waals surface area contributed by atoms with Crippen LogP contribution in [0.25, 0.3) is 0 Å². The van der Waals surface area contributed by atoms with E-state index in [0.717, 1.165) is 0 Å². The Kier molecular flexibility index (Phi) is 3.69. The first-order valence-corrected chi connectivity index (χ1v) is 5.28. The van der Waals surface area contributed by atoms with E-state index < -0.39 is 12.2 Å². The summed E-state index contributed by atoms with van der Waals surface area (Å²) in [5.41, 5.74) is 0.603. The second kappa shape index (κ2) is 4.42. The molecular weight excluding hydrogens is 248 g/mol. The molecule has 2 unspecified atom stereocenters. The van der Waals surface area contributed by atoms with Gasteiger partial charge >= 0.3 is 0 Å². The number of rotatable bonds is 3. The summed E-state index contributed by atoms with van der Waals surface area (Å²) in [5, 5.41) is 23.6. The van der Waals surface area contributed by atoms with E-state index in [1.807, 2.05) is 13.8 Å². The average molecular weight is 263 g/mol. The zero-order valence-corrected chi connectivity index (χ0v) is 10.1. The quantitative estimate of drug-likeness (QED) is 0.862. The highest BCUT2D eigenvalue weighted by Gasteiger charge is 2.26. The van der Waals surface area contributed by atoms with Crippen molar-refractivity contribution in [1.82, 2.24) is 9.78 Å². The molecule has 0 aliphatic heterocycles. The zero-order valence-electron chi connectivity index (χ0n) is 8.48. The Morgan fingerprint density at radius 3 is 2.36 bits per heavy atom. The van der Waals surface area contributed by atoms with E-state index in [4.69, 9.17) is 0 Å². The smallest absolute Gasteiger partial charge is 0.123 e. The molecule has 1 aromatic heterocycles. The van der Waals surface area contributed by atoms with Crippen molar-refractivity contribution < 1.29 is 10.2 Å². The third kappa shape index (κ3) is 2.16. The summed E-state index contributed by atoms with van der Waals surface area (Å²) in [5.74, 6) is 0.00630. The highest BCUT2D eigenvalue weighted by Crippen LogP contribution is 2.27. The molecule has 1 rings (SSSR count). The normalized spacial score (nSPS) is 15.9. The standard InChI is InChI=1S/C9H15BrN2O2/c1-5(2)8(13)9(14)7-6(10)4-11-12(7)3/h4-5,8-9,13-14H,1-3H3. The Labute approximate surface area is 91.7 Å². The van der Waals surface area contributed by atoms with Crippen molar-refractivity contribution in [2.24, 2.45) is 13.0 Å². The molecule has 0 saturated carbocycles. The molecule has 0 spiro atoms. The van der Waals surface area contributed by atoms with Crippen molar-refractivity contribution in [3.05, 3.63) is 16.4 Å². The van der Waals surface area contributed by atoms with Crippen LogP contribution in [0, 0.1) is 5.92 Å². The first-order valence-electron chi connectivity index (χ1n) is 4.48. The fourth-order valence-corrected chi connectivity index (χ4v) is 1.86. The van der Waals surface area contributed by atoms with Gasteiger partial charge < -0.3 is 10.2 Å². The van der Waals surface area contributed by atoms with E-state index in [9.17, 15) is 10.2 Å². The number of aryl methyl sites for hydroxylation is 1. The Bertz CT molecular complexity index is 292. The number of aromatic nitrogens is 2. The van der Waals surface area contributed by atoms with Crippen molar-refractivity contribution in [3.8, 4) is 0 Å². The molecule has 2 atom stereocenters. The summed E-state index contributed by atoms with van der Waals surface area (Å²) in [6.45, 7) is 3.72. The molecule has 0 aliphatic rings. The van der Waals surface area contributed by atoms with Gasteiger partial charge in [-0.1, -0.05) is 13.8 Å². The molecule has 0 aromatic carbocycles. The predicted molar refractivity (Wildman–Crippen MR) is 56.7 cm³/mol. The largest absolute Gasteiger partial charge is 0.390 e. The number of hydrogen-bond donors (Lipinski definition) is 2. The van der Waals surface area contributed by atoms with E-state index in [2.05, 4.69) is 21.0 Å². The maximum absolute atomic E-state index is 9.87. The number of halogens is 1. The molecule has 1 aromatic rings. The molecule has 0 amide bonds. The minimum Gasteiger partial charge on any atom is -0.390 e. The van der Waals surface area contributed by atoms with Crippen LogP contribution in [0.2, 0.25) is 0 Å². The predicted octanol–water partition coefficient (Wildman–Crippen LogP) is 1.23. The Balaban J connectivity index is 2.94. The SMILES string of the molecule is CC(C)C(O)C(O)c1c(Br)cnn1C. The maximum Gasteiger partial charge on any atom is 0.123 e. The molecule has 0 bridgehead atoms. The Morgan fingerprint density at radius 1 is 1.43 bits per heavy atom. The molecule has 4 nitrogen and oxygen atoms in total. The molecule has 5 heteroatoms. The molecule has 80 valence electrons. The molecule has 1 heterocycles. The van der Waals surface area contributed by atoms with E-state index >= 15 is 0 Å². The van der Waals surface area contributed by atoms with Gasteiger partial charge in [0.1, 0.15) is 6.10 Å². The monoisotopic (exact) mass is 262 g/mol. The zero-order chi connectivity index (χ0) is 10.9. The number of nitrogens with zero attached hydrogens (tertiary/aromatic N) is 2.